The molecule has 0 saturated carbocycles. The number of hydrogen-bond donors (Lipinski definition) is 1. The molecule has 0 radical (unpaired) electrons. The third kappa shape index (κ3) is 4.27. The number of nitrogens with one attached hydrogen (secondary N) is 1. The zero-order valence-corrected chi connectivity index (χ0v) is 11.2. The lowest BCUT2D eigenvalue weighted by Crippen LogP contribution is -2.31. The maximum atomic E-state index is 5.80. The molecule has 1 aromatic rings. The Labute approximate surface area is 104 Å². The Balaban J connectivity index is 2.61. The Bertz CT molecular complexity index is 339. The first-order valence-electron chi connectivity index (χ1n) is 6.16. The molecular weight excluding hydrogens is 214 g/mol. The summed E-state index contributed by atoms with van der Waals surface area (Å²) < 4.78 is 11.1. The van der Waals surface area contributed by atoms with Crippen LogP contribution in [0, 0.1) is 6.92 Å². The van der Waals surface area contributed by atoms with E-state index in [0.717, 1.165) is 24.3 Å². The van der Waals surface area contributed by atoms with E-state index in [0.29, 0.717) is 12.6 Å². The minimum absolute atomic E-state index is 0.394. The van der Waals surface area contributed by atoms with Gasteiger partial charge in [0.15, 0.2) is 11.5 Å². The second-order valence-corrected chi connectivity index (χ2v) is 4.24. The van der Waals surface area contributed by atoms with Gasteiger partial charge in [-0.3, -0.25) is 0 Å². The van der Waals surface area contributed by atoms with Crippen LogP contribution in [-0.4, -0.2) is 26.8 Å². The van der Waals surface area contributed by atoms with Crippen molar-refractivity contribution in [2.75, 3.05) is 20.8 Å². The summed E-state index contributed by atoms with van der Waals surface area (Å²) in [6.07, 6.45) is 2.27. The Hall–Kier alpha value is -1.22. The third-order valence-corrected chi connectivity index (χ3v) is 2.80. The minimum Gasteiger partial charge on any atom is -0.493 e. The smallest absolute Gasteiger partial charge is 0.161 e. The second kappa shape index (κ2) is 7.17. The molecule has 17 heavy (non-hydrogen) atoms. The highest BCUT2D eigenvalue weighted by Crippen LogP contribution is 2.27. The second-order valence-electron chi connectivity index (χ2n) is 4.24. The van der Waals surface area contributed by atoms with Crippen molar-refractivity contribution in [2.45, 2.75) is 32.7 Å². The molecule has 0 heterocycles. The van der Waals surface area contributed by atoms with Crippen molar-refractivity contribution in [3.05, 3.63) is 23.8 Å². The lowest BCUT2D eigenvalue weighted by Gasteiger charge is -2.17. The number of likely N-dealkylation sites (N-methyl/N-ethyl adjacent to an activating group) is 1. The van der Waals surface area contributed by atoms with Crippen LogP contribution >= 0.6 is 0 Å². The van der Waals surface area contributed by atoms with Gasteiger partial charge in [0.05, 0.1) is 7.11 Å². The molecule has 1 N–H and O–H groups in total. The Morgan fingerprint density at radius 2 is 2.06 bits per heavy atom. The van der Waals surface area contributed by atoms with Gasteiger partial charge in [-0.05, 0) is 38.1 Å². The number of benzene rings is 1. The molecule has 0 amide bonds. The highest BCUT2D eigenvalue weighted by atomic mass is 16.5. The summed E-state index contributed by atoms with van der Waals surface area (Å²) >= 11 is 0. The quantitative estimate of drug-likeness (QED) is 0.791. The summed E-state index contributed by atoms with van der Waals surface area (Å²) in [7, 11) is 3.64. The molecule has 3 nitrogen and oxygen atoms in total. The minimum atomic E-state index is 0.394. The molecular formula is C14H23NO2. The number of aryl methyl sites for hydroxylation is 1. The van der Waals surface area contributed by atoms with E-state index in [1.54, 1.807) is 7.11 Å². The average molecular weight is 237 g/mol. The molecule has 0 spiro atoms. The molecule has 1 aromatic carbocycles. The van der Waals surface area contributed by atoms with Gasteiger partial charge in [-0.25, -0.2) is 0 Å². The lowest BCUT2D eigenvalue weighted by atomic mass is 10.2. The van der Waals surface area contributed by atoms with Crippen molar-refractivity contribution in [1.29, 1.82) is 0 Å². The molecule has 3 heteroatoms. The molecule has 0 fully saturated rings. The standard InChI is InChI=1S/C14H23NO2/c1-5-6-12(15-3)10-17-13-8-7-11(2)9-14(13)16-4/h7-9,12,15H,5-6,10H2,1-4H3. The molecule has 0 aliphatic carbocycles. The Kier molecular flexibility index (Phi) is 5.84. The zero-order valence-electron chi connectivity index (χ0n) is 11.2. The van der Waals surface area contributed by atoms with E-state index in [9.17, 15) is 0 Å². The van der Waals surface area contributed by atoms with Gasteiger partial charge in [-0.15, -0.1) is 0 Å². The highest BCUT2D eigenvalue weighted by molar-refractivity contribution is 5.42. The Morgan fingerprint density at radius 1 is 1.29 bits per heavy atom. The van der Waals surface area contributed by atoms with Gasteiger partial charge in [0, 0.05) is 6.04 Å². The number of ether oxygens (including phenoxy) is 2. The lowest BCUT2D eigenvalue weighted by molar-refractivity contribution is 0.250. The van der Waals surface area contributed by atoms with Crippen LogP contribution in [0.3, 0.4) is 0 Å². The van der Waals surface area contributed by atoms with Crippen LogP contribution in [0.2, 0.25) is 0 Å². The normalized spacial score (nSPS) is 12.2. The SMILES string of the molecule is CCCC(COc1ccc(C)cc1OC)NC. The van der Waals surface area contributed by atoms with Gasteiger partial charge in [-0.2, -0.15) is 0 Å². The summed E-state index contributed by atoms with van der Waals surface area (Å²) in [5.41, 5.74) is 1.17. The van der Waals surface area contributed by atoms with Gasteiger partial charge in [0.2, 0.25) is 0 Å². The molecule has 0 bridgehead atoms. The fourth-order valence-corrected chi connectivity index (χ4v) is 1.74. The zero-order chi connectivity index (χ0) is 12.7. The Morgan fingerprint density at radius 3 is 2.65 bits per heavy atom. The van der Waals surface area contributed by atoms with E-state index in [-0.39, 0.29) is 0 Å². The van der Waals surface area contributed by atoms with Gasteiger partial charge in [0.25, 0.3) is 0 Å². The van der Waals surface area contributed by atoms with Crippen molar-refractivity contribution in [3.8, 4) is 11.5 Å². The van der Waals surface area contributed by atoms with Crippen molar-refractivity contribution in [3.63, 3.8) is 0 Å². The highest BCUT2D eigenvalue weighted by Gasteiger charge is 2.08. The topological polar surface area (TPSA) is 30.5 Å². The summed E-state index contributed by atoms with van der Waals surface area (Å²) in [6, 6.07) is 6.38. The van der Waals surface area contributed by atoms with Crippen LogP contribution in [0.5, 0.6) is 11.5 Å². The van der Waals surface area contributed by atoms with Crippen LogP contribution in [0.15, 0.2) is 18.2 Å². The van der Waals surface area contributed by atoms with E-state index >= 15 is 0 Å². The fourth-order valence-electron chi connectivity index (χ4n) is 1.74. The van der Waals surface area contributed by atoms with Crippen molar-refractivity contribution >= 4 is 0 Å². The molecule has 96 valence electrons. The average Bonchev–Trinajstić information content (AvgIpc) is 2.35. The summed E-state index contributed by atoms with van der Waals surface area (Å²) in [5.74, 6) is 1.62. The molecule has 0 aliphatic rings. The number of methoxy groups -OCH3 is 1. The first kappa shape index (κ1) is 13.8. The van der Waals surface area contributed by atoms with E-state index in [1.807, 2.05) is 32.2 Å². The first-order valence-corrected chi connectivity index (χ1v) is 6.16. The predicted molar refractivity (Wildman–Crippen MR) is 71.0 cm³/mol. The van der Waals surface area contributed by atoms with E-state index in [1.165, 1.54) is 5.56 Å². The first-order chi connectivity index (χ1) is 8.21. The van der Waals surface area contributed by atoms with Gasteiger partial charge in [0.1, 0.15) is 6.61 Å². The van der Waals surface area contributed by atoms with Gasteiger partial charge >= 0.3 is 0 Å². The van der Waals surface area contributed by atoms with Crippen LogP contribution in [0.1, 0.15) is 25.3 Å². The third-order valence-electron chi connectivity index (χ3n) is 2.80. The van der Waals surface area contributed by atoms with E-state index in [4.69, 9.17) is 9.47 Å². The molecule has 1 unspecified atom stereocenters. The van der Waals surface area contributed by atoms with E-state index < -0.39 is 0 Å². The molecule has 1 rings (SSSR count). The number of rotatable bonds is 7. The van der Waals surface area contributed by atoms with Crippen LogP contribution in [0.4, 0.5) is 0 Å². The van der Waals surface area contributed by atoms with E-state index in [2.05, 4.69) is 12.2 Å². The molecule has 1 atom stereocenters. The molecule has 0 aromatic heterocycles. The maximum absolute atomic E-state index is 5.80. The molecule has 0 aliphatic heterocycles. The maximum Gasteiger partial charge on any atom is 0.161 e. The van der Waals surface area contributed by atoms with Crippen molar-refractivity contribution in [1.82, 2.24) is 5.32 Å². The van der Waals surface area contributed by atoms with Crippen molar-refractivity contribution < 1.29 is 9.47 Å². The summed E-state index contributed by atoms with van der Waals surface area (Å²) in [4.78, 5) is 0. The summed E-state index contributed by atoms with van der Waals surface area (Å²) in [6.45, 7) is 4.89. The van der Waals surface area contributed by atoms with Gasteiger partial charge in [-0.1, -0.05) is 19.4 Å². The molecule has 0 saturated heterocycles. The van der Waals surface area contributed by atoms with Crippen LogP contribution in [0.25, 0.3) is 0 Å². The largest absolute Gasteiger partial charge is 0.493 e. The number of hydrogen-bond acceptors (Lipinski definition) is 3. The van der Waals surface area contributed by atoms with Crippen LogP contribution < -0.4 is 14.8 Å². The monoisotopic (exact) mass is 237 g/mol. The fraction of sp³-hybridized carbons (Fsp3) is 0.571. The van der Waals surface area contributed by atoms with Crippen molar-refractivity contribution in [2.24, 2.45) is 0 Å². The van der Waals surface area contributed by atoms with Crippen LogP contribution in [-0.2, 0) is 0 Å². The predicted octanol–water partition coefficient (Wildman–Crippen LogP) is 2.77. The van der Waals surface area contributed by atoms with Gasteiger partial charge < -0.3 is 14.8 Å². The summed E-state index contributed by atoms with van der Waals surface area (Å²) in [5, 5.41) is 3.26.